The first kappa shape index (κ1) is 13.2. The zero-order chi connectivity index (χ0) is 12.8. The number of anilines is 1. The van der Waals surface area contributed by atoms with E-state index in [-0.39, 0.29) is 12.5 Å². The highest BCUT2D eigenvalue weighted by Crippen LogP contribution is 2.25. The average molecular weight is 238 g/mol. The Morgan fingerprint density at radius 3 is 2.12 bits per heavy atom. The molecule has 0 fully saturated rings. The largest absolute Gasteiger partial charge is 0.497 e. The van der Waals surface area contributed by atoms with Gasteiger partial charge >= 0.3 is 0 Å². The van der Waals surface area contributed by atoms with Gasteiger partial charge in [-0.3, -0.25) is 4.79 Å². The molecule has 94 valence electrons. The topological polar surface area (TPSA) is 50.8 Å². The highest BCUT2D eigenvalue weighted by Gasteiger charge is 2.05. The zero-order valence-electron chi connectivity index (χ0n) is 10.6. The number of hydrogen-bond acceptors (Lipinski definition) is 4. The summed E-state index contributed by atoms with van der Waals surface area (Å²) in [6.07, 6.45) is 0. The fraction of sp³-hybridized carbons (Fsp3) is 0.417. The molecule has 0 aromatic heterocycles. The molecule has 1 aromatic carbocycles. The van der Waals surface area contributed by atoms with Crippen molar-refractivity contribution in [3.8, 4) is 11.5 Å². The van der Waals surface area contributed by atoms with Crippen molar-refractivity contribution in [3.63, 3.8) is 0 Å². The number of amides is 1. The Balaban J connectivity index is 2.73. The fourth-order valence-corrected chi connectivity index (χ4v) is 1.25. The van der Waals surface area contributed by atoms with Crippen molar-refractivity contribution in [1.82, 2.24) is 4.90 Å². The van der Waals surface area contributed by atoms with Gasteiger partial charge in [-0.25, -0.2) is 0 Å². The Hall–Kier alpha value is -1.91. The molecule has 0 aliphatic rings. The van der Waals surface area contributed by atoms with Gasteiger partial charge in [-0.1, -0.05) is 0 Å². The van der Waals surface area contributed by atoms with Crippen LogP contribution >= 0.6 is 0 Å². The van der Waals surface area contributed by atoms with Crippen molar-refractivity contribution < 1.29 is 14.3 Å². The van der Waals surface area contributed by atoms with E-state index in [4.69, 9.17) is 9.47 Å². The second kappa shape index (κ2) is 5.98. The van der Waals surface area contributed by atoms with Gasteiger partial charge in [-0.15, -0.1) is 0 Å². The standard InChI is InChI=1S/C12H18N2O3/c1-14(2)12(15)8-13-9-5-10(16-3)7-11(6-9)17-4/h5-7,13H,8H2,1-4H3. The van der Waals surface area contributed by atoms with Gasteiger partial charge in [-0.05, 0) is 0 Å². The summed E-state index contributed by atoms with van der Waals surface area (Å²) in [5.41, 5.74) is 0.788. The third-order valence-electron chi connectivity index (χ3n) is 2.29. The van der Waals surface area contributed by atoms with Crippen LogP contribution in [0, 0.1) is 0 Å². The first-order valence-corrected chi connectivity index (χ1v) is 5.24. The lowest BCUT2D eigenvalue weighted by Gasteiger charge is -2.13. The third-order valence-corrected chi connectivity index (χ3v) is 2.29. The summed E-state index contributed by atoms with van der Waals surface area (Å²) >= 11 is 0. The van der Waals surface area contributed by atoms with Crippen LogP contribution in [0.5, 0.6) is 11.5 Å². The van der Waals surface area contributed by atoms with Gasteiger partial charge in [0.05, 0.1) is 20.8 Å². The van der Waals surface area contributed by atoms with Gasteiger partial charge in [-0.2, -0.15) is 0 Å². The van der Waals surface area contributed by atoms with E-state index in [2.05, 4.69) is 5.32 Å². The average Bonchev–Trinajstić information content (AvgIpc) is 2.35. The summed E-state index contributed by atoms with van der Waals surface area (Å²) in [7, 11) is 6.61. The van der Waals surface area contributed by atoms with E-state index >= 15 is 0 Å². The molecule has 0 heterocycles. The van der Waals surface area contributed by atoms with E-state index < -0.39 is 0 Å². The first-order valence-electron chi connectivity index (χ1n) is 5.24. The van der Waals surface area contributed by atoms with Crippen LogP contribution in [0.1, 0.15) is 0 Å². The van der Waals surface area contributed by atoms with Crippen molar-refractivity contribution in [1.29, 1.82) is 0 Å². The van der Waals surface area contributed by atoms with Crippen LogP contribution < -0.4 is 14.8 Å². The van der Waals surface area contributed by atoms with Gasteiger partial charge in [0, 0.05) is 38.0 Å². The number of carbonyl (C=O) groups is 1. The molecule has 17 heavy (non-hydrogen) atoms. The number of hydrogen-bond donors (Lipinski definition) is 1. The summed E-state index contributed by atoms with van der Waals surface area (Å²) in [6.45, 7) is 0.239. The SMILES string of the molecule is COc1cc(NCC(=O)N(C)C)cc(OC)c1. The minimum absolute atomic E-state index is 0.00628. The molecule has 0 bridgehead atoms. The van der Waals surface area contributed by atoms with Gasteiger partial charge in [0.25, 0.3) is 0 Å². The second-order valence-electron chi connectivity index (χ2n) is 3.74. The normalized spacial score (nSPS) is 9.65. The molecule has 0 saturated carbocycles. The number of carbonyl (C=O) groups excluding carboxylic acids is 1. The lowest BCUT2D eigenvalue weighted by Crippen LogP contribution is -2.28. The molecule has 0 radical (unpaired) electrons. The molecule has 1 N–H and O–H groups in total. The molecular formula is C12H18N2O3. The number of likely N-dealkylation sites (N-methyl/N-ethyl adjacent to an activating group) is 1. The van der Waals surface area contributed by atoms with Crippen molar-refractivity contribution in [3.05, 3.63) is 18.2 Å². The van der Waals surface area contributed by atoms with Crippen LogP contribution in [0.4, 0.5) is 5.69 Å². The number of nitrogens with one attached hydrogen (secondary N) is 1. The highest BCUT2D eigenvalue weighted by atomic mass is 16.5. The first-order chi connectivity index (χ1) is 8.06. The smallest absolute Gasteiger partial charge is 0.241 e. The molecule has 0 aliphatic heterocycles. The van der Waals surface area contributed by atoms with Crippen molar-refractivity contribution in [2.45, 2.75) is 0 Å². The zero-order valence-corrected chi connectivity index (χ0v) is 10.6. The van der Waals surface area contributed by atoms with Crippen molar-refractivity contribution in [2.24, 2.45) is 0 Å². The van der Waals surface area contributed by atoms with Gasteiger partial charge < -0.3 is 19.7 Å². The second-order valence-corrected chi connectivity index (χ2v) is 3.74. The predicted octanol–water partition coefficient (Wildman–Crippen LogP) is 1.20. The van der Waals surface area contributed by atoms with Crippen LogP contribution in [-0.4, -0.2) is 45.7 Å². The Morgan fingerprint density at radius 2 is 1.71 bits per heavy atom. The third kappa shape index (κ3) is 3.86. The Bertz CT molecular complexity index is 369. The summed E-state index contributed by atoms with van der Waals surface area (Å²) < 4.78 is 10.3. The summed E-state index contributed by atoms with van der Waals surface area (Å²) in [6, 6.07) is 5.40. The lowest BCUT2D eigenvalue weighted by atomic mass is 10.2. The maximum atomic E-state index is 11.4. The van der Waals surface area contributed by atoms with E-state index in [1.54, 1.807) is 34.4 Å². The monoisotopic (exact) mass is 238 g/mol. The van der Waals surface area contributed by atoms with Gasteiger partial charge in [0.2, 0.25) is 5.91 Å². The molecule has 0 saturated heterocycles. The maximum Gasteiger partial charge on any atom is 0.241 e. The lowest BCUT2D eigenvalue weighted by molar-refractivity contribution is -0.126. The fourth-order valence-electron chi connectivity index (χ4n) is 1.25. The van der Waals surface area contributed by atoms with E-state index in [1.807, 2.05) is 12.1 Å². The number of benzene rings is 1. The van der Waals surface area contributed by atoms with Gasteiger partial charge in [0.1, 0.15) is 11.5 Å². The van der Waals surface area contributed by atoms with Crippen molar-refractivity contribution in [2.75, 3.05) is 40.2 Å². The Kier molecular flexibility index (Phi) is 4.63. The Morgan fingerprint density at radius 1 is 1.18 bits per heavy atom. The molecule has 0 atom stereocenters. The number of ether oxygens (including phenoxy) is 2. The minimum Gasteiger partial charge on any atom is -0.497 e. The van der Waals surface area contributed by atoms with Gasteiger partial charge in [0.15, 0.2) is 0 Å². The molecule has 5 nitrogen and oxygen atoms in total. The summed E-state index contributed by atoms with van der Waals surface area (Å²) in [5, 5.41) is 3.02. The van der Waals surface area contributed by atoms with Crippen LogP contribution in [-0.2, 0) is 4.79 Å². The van der Waals surface area contributed by atoms with Crippen LogP contribution in [0.2, 0.25) is 0 Å². The molecule has 0 unspecified atom stereocenters. The molecule has 0 spiro atoms. The molecule has 1 rings (SSSR count). The van der Waals surface area contributed by atoms with E-state index in [1.165, 1.54) is 4.90 Å². The Labute approximate surface area is 101 Å². The number of nitrogens with zero attached hydrogens (tertiary/aromatic N) is 1. The summed E-state index contributed by atoms with van der Waals surface area (Å²) in [4.78, 5) is 13.0. The van der Waals surface area contributed by atoms with E-state index in [9.17, 15) is 4.79 Å². The molecule has 5 heteroatoms. The van der Waals surface area contributed by atoms with Crippen LogP contribution in [0.25, 0.3) is 0 Å². The quantitative estimate of drug-likeness (QED) is 0.837. The minimum atomic E-state index is 0.00628. The molecular weight excluding hydrogens is 220 g/mol. The highest BCUT2D eigenvalue weighted by molar-refractivity contribution is 5.80. The number of rotatable bonds is 5. The van der Waals surface area contributed by atoms with Crippen molar-refractivity contribution >= 4 is 11.6 Å². The molecule has 1 aromatic rings. The molecule has 1 amide bonds. The van der Waals surface area contributed by atoms with E-state index in [0.29, 0.717) is 11.5 Å². The summed E-state index contributed by atoms with van der Waals surface area (Å²) in [5.74, 6) is 1.38. The predicted molar refractivity (Wildman–Crippen MR) is 66.7 cm³/mol. The number of methoxy groups -OCH3 is 2. The molecule has 0 aliphatic carbocycles. The van der Waals surface area contributed by atoms with Crippen LogP contribution in [0.15, 0.2) is 18.2 Å². The van der Waals surface area contributed by atoms with Crippen LogP contribution in [0.3, 0.4) is 0 Å². The maximum absolute atomic E-state index is 11.4. The van der Waals surface area contributed by atoms with E-state index in [0.717, 1.165) is 5.69 Å².